The first kappa shape index (κ1) is 13.1. The summed E-state index contributed by atoms with van der Waals surface area (Å²) in [5.41, 5.74) is 0.809. The summed E-state index contributed by atoms with van der Waals surface area (Å²) >= 11 is 0. The predicted molar refractivity (Wildman–Crippen MR) is 81.4 cm³/mol. The summed E-state index contributed by atoms with van der Waals surface area (Å²) < 4.78 is 5.94. The fraction of sp³-hybridized carbons (Fsp3) is 0.588. The van der Waals surface area contributed by atoms with Gasteiger partial charge in [-0.25, -0.2) is 0 Å². The van der Waals surface area contributed by atoms with Gasteiger partial charge in [0.25, 0.3) is 0 Å². The minimum atomic E-state index is 0.132. The van der Waals surface area contributed by atoms with E-state index in [0.29, 0.717) is 6.04 Å². The van der Waals surface area contributed by atoms with Crippen molar-refractivity contribution in [1.82, 2.24) is 4.90 Å². The van der Waals surface area contributed by atoms with Gasteiger partial charge in [-0.3, -0.25) is 9.69 Å². The number of ether oxygens (including phenoxy) is 1. The van der Waals surface area contributed by atoms with E-state index in [1.165, 1.54) is 19.4 Å². The van der Waals surface area contributed by atoms with Crippen molar-refractivity contribution >= 4 is 11.6 Å². The summed E-state index contributed by atoms with van der Waals surface area (Å²) in [7, 11) is 0. The molecule has 1 N–H and O–H groups in total. The summed E-state index contributed by atoms with van der Waals surface area (Å²) in [6.45, 7) is 3.13. The second-order valence-corrected chi connectivity index (χ2v) is 6.62. The highest BCUT2D eigenvalue weighted by Gasteiger charge is 2.38. The standard InChI is InChI=1S/C17H22N2O2/c20-17(13-7-8-13)18-15-3-1-2-4-16(15)21-11-14-10-19(14)9-12-5-6-12/h1-4,12-14H,5-11H2,(H,18,20). The molecular formula is C17H22N2O2. The highest BCUT2D eigenvalue weighted by Crippen LogP contribution is 2.35. The molecule has 4 heteroatoms. The molecule has 1 amide bonds. The van der Waals surface area contributed by atoms with Gasteiger partial charge in [0.1, 0.15) is 12.4 Å². The van der Waals surface area contributed by atoms with Crippen molar-refractivity contribution in [1.29, 1.82) is 0 Å². The van der Waals surface area contributed by atoms with Crippen LogP contribution in [0, 0.1) is 11.8 Å². The molecule has 3 aliphatic rings. The first-order chi connectivity index (χ1) is 10.3. The van der Waals surface area contributed by atoms with Gasteiger partial charge < -0.3 is 10.1 Å². The average molecular weight is 286 g/mol. The maximum absolute atomic E-state index is 11.9. The monoisotopic (exact) mass is 286 g/mol. The van der Waals surface area contributed by atoms with Gasteiger partial charge in [-0.1, -0.05) is 12.1 Å². The average Bonchev–Trinajstić information content (AvgIpc) is 3.35. The zero-order chi connectivity index (χ0) is 14.2. The highest BCUT2D eigenvalue weighted by atomic mass is 16.5. The number of nitrogens with one attached hydrogen (secondary N) is 1. The Kier molecular flexibility index (Phi) is 3.34. The van der Waals surface area contributed by atoms with Gasteiger partial charge in [0, 0.05) is 19.0 Å². The van der Waals surface area contributed by atoms with Gasteiger partial charge in [0.15, 0.2) is 0 Å². The third-order valence-electron chi connectivity index (χ3n) is 4.54. The molecule has 3 fully saturated rings. The zero-order valence-electron chi connectivity index (χ0n) is 12.3. The van der Waals surface area contributed by atoms with Crippen LogP contribution in [-0.2, 0) is 4.79 Å². The second-order valence-electron chi connectivity index (χ2n) is 6.62. The van der Waals surface area contributed by atoms with Gasteiger partial charge in [-0.15, -0.1) is 0 Å². The van der Waals surface area contributed by atoms with Crippen LogP contribution in [0.2, 0.25) is 0 Å². The Morgan fingerprint density at radius 2 is 2.05 bits per heavy atom. The smallest absolute Gasteiger partial charge is 0.227 e. The quantitative estimate of drug-likeness (QED) is 0.783. The molecule has 1 aromatic carbocycles. The summed E-state index contributed by atoms with van der Waals surface area (Å²) in [6.07, 6.45) is 4.85. The molecule has 0 bridgehead atoms. The molecule has 112 valence electrons. The number of carbonyl (C=O) groups excluding carboxylic acids is 1. The molecule has 2 unspecified atom stereocenters. The Balaban J connectivity index is 1.30. The van der Waals surface area contributed by atoms with Crippen LogP contribution in [0.5, 0.6) is 5.75 Å². The molecule has 0 spiro atoms. The minimum Gasteiger partial charge on any atom is -0.490 e. The largest absolute Gasteiger partial charge is 0.490 e. The van der Waals surface area contributed by atoms with Crippen molar-refractivity contribution in [2.45, 2.75) is 31.7 Å². The number of anilines is 1. The first-order valence-corrected chi connectivity index (χ1v) is 8.06. The molecule has 1 aliphatic heterocycles. The van der Waals surface area contributed by atoms with E-state index in [-0.39, 0.29) is 11.8 Å². The molecule has 0 aromatic heterocycles. The van der Waals surface area contributed by atoms with E-state index in [0.717, 1.165) is 43.3 Å². The third-order valence-corrected chi connectivity index (χ3v) is 4.54. The Morgan fingerprint density at radius 1 is 1.24 bits per heavy atom. The van der Waals surface area contributed by atoms with Crippen molar-refractivity contribution in [3.63, 3.8) is 0 Å². The van der Waals surface area contributed by atoms with E-state index in [1.807, 2.05) is 24.3 Å². The molecule has 2 aliphatic carbocycles. The van der Waals surface area contributed by atoms with Crippen molar-refractivity contribution in [2.24, 2.45) is 11.8 Å². The van der Waals surface area contributed by atoms with E-state index >= 15 is 0 Å². The van der Waals surface area contributed by atoms with Crippen LogP contribution < -0.4 is 10.1 Å². The first-order valence-electron chi connectivity index (χ1n) is 8.06. The number of carbonyl (C=O) groups is 1. The van der Waals surface area contributed by atoms with Gasteiger partial charge in [-0.05, 0) is 43.7 Å². The zero-order valence-corrected chi connectivity index (χ0v) is 12.3. The summed E-state index contributed by atoms with van der Waals surface area (Å²) in [6, 6.07) is 8.32. The highest BCUT2D eigenvalue weighted by molar-refractivity contribution is 5.95. The number of para-hydroxylation sites is 2. The fourth-order valence-corrected chi connectivity index (χ4v) is 2.70. The van der Waals surface area contributed by atoms with Crippen LogP contribution in [0.1, 0.15) is 25.7 Å². The predicted octanol–water partition coefficient (Wildman–Crippen LogP) is 2.51. The van der Waals surface area contributed by atoms with E-state index in [9.17, 15) is 4.79 Å². The van der Waals surface area contributed by atoms with Crippen molar-refractivity contribution in [2.75, 3.05) is 25.0 Å². The topological polar surface area (TPSA) is 41.3 Å². The number of benzene rings is 1. The van der Waals surface area contributed by atoms with Gasteiger partial charge in [0.05, 0.1) is 11.7 Å². The number of nitrogens with zero attached hydrogens (tertiary/aromatic N) is 1. The van der Waals surface area contributed by atoms with Gasteiger partial charge in [0.2, 0.25) is 5.91 Å². The second kappa shape index (κ2) is 5.34. The van der Waals surface area contributed by atoms with Gasteiger partial charge in [-0.2, -0.15) is 0 Å². The van der Waals surface area contributed by atoms with E-state index < -0.39 is 0 Å². The lowest BCUT2D eigenvalue weighted by Gasteiger charge is -2.12. The molecule has 1 heterocycles. The summed E-state index contributed by atoms with van der Waals surface area (Å²) in [5.74, 6) is 2.09. The molecule has 0 radical (unpaired) electrons. The van der Waals surface area contributed by atoms with E-state index in [1.54, 1.807) is 0 Å². The Bertz CT molecular complexity index is 537. The van der Waals surface area contributed by atoms with Crippen LogP contribution in [0.3, 0.4) is 0 Å². The van der Waals surface area contributed by atoms with Crippen LogP contribution in [0.15, 0.2) is 24.3 Å². The van der Waals surface area contributed by atoms with Gasteiger partial charge >= 0.3 is 0 Å². The number of hydrogen-bond acceptors (Lipinski definition) is 3. The normalized spacial score (nSPS) is 27.2. The molecule has 1 saturated heterocycles. The van der Waals surface area contributed by atoms with Crippen LogP contribution in [0.25, 0.3) is 0 Å². The Hall–Kier alpha value is -1.55. The lowest BCUT2D eigenvalue weighted by Crippen LogP contribution is -2.16. The van der Waals surface area contributed by atoms with Crippen LogP contribution in [0.4, 0.5) is 5.69 Å². The third kappa shape index (κ3) is 3.38. The Morgan fingerprint density at radius 3 is 2.81 bits per heavy atom. The number of amides is 1. The Labute approximate surface area is 125 Å². The molecule has 2 atom stereocenters. The SMILES string of the molecule is O=C(Nc1ccccc1OCC1CN1CC1CC1)C1CC1. The fourth-order valence-electron chi connectivity index (χ4n) is 2.70. The molecule has 2 saturated carbocycles. The van der Waals surface area contributed by atoms with Crippen molar-refractivity contribution < 1.29 is 9.53 Å². The van der Waals surface area contributed by atoms with E-state index in [2.05, 4.69) is 10.2 Å². The lowest BCUT2D eigenvalue weighted by molar-refractivity contribution is -0.117. The maximum atomic E-state index is 11.9. The maximum Gasteiger partial charge on any atom is 0.227 e. The number of rotatable bonds is 7. The summed E-state index contributed by atoms with van der Waals surface area (Å²) in [5, 5.41) is 2.99. The van der Waals surface area contributed by atoms with Crippen LogP contribution >= 0.6 is 0 Å². The summed E-state index contributed by atoms with van der Waals surface area (Å²) in [4.78, 5) is 14.4. The molecular weight excluding hydrogens is 264 g/mol. The van der Waals surface area contributed by atoms with Crippen molar-refractivity contribution in [3.05, 3.63) is 24.3 Å². The molecule has 4 rings (SSSR count). The molecule has 21 heavy (non-hydrogen) atoms. The van der Waals surface area contributed by atoms with Crippen LogP contribution in [-0.4, -0.2) is 36.5 Å². The van der Waals surface area contributed by atoms with Crippen molar-refractivity contribution in [3.8, 4) is 5.75 Å². The number of hydrogen-bond donors (Lipinski definition) is 1. The lowest BCUT2D eigenvalue weighted by atomic mass is 10.2. The molecule has 1 aromatic rings. The molecule has 4 nitrogen and oxygen atoms in total. The van der Waals surface area contributed by atoms with E-state index in [4.69, 9.17) is 4.74 Å². The minimum absolute atomic E-state index is 0.132.